The summed E-state index contributed by atoms with van der Waals surface area (Å²) >= 11 is 0. The third-order valence-corrected chi connectivity index (χ3v) is 2.47. The van der Waals surface area contributed by atoms with Gasteiger partial charge in [0.2, 0.25) is 0 Å². The minimum atomic E-state index is 0.499. The molecule has 2 N–H and O–H groups in total. The zero-order valence-electron chi connectivity index (χ0n) is 9.13. The Kier molecular flexibility index (Phi) is 3.62. The van der Waals surface area contributed by atoms with Gasteiger partial charge in [-0.2, -0.15) is 0 Å². The molecule has 0 amide bonds. The summed E-state index contributed by atoms with van der Waals surface area (Å²) in [6, 6.07) is 10.4. The molecule has 1 aromatic heterocycles. The van der Waals surface area contributed by atoms with Gasteiger partial charge < -0.3 is 5.73 Å². The van der Waals surface area contributed by atoms with Crippen LogP contribution >= 0.6 is 0 Å². The van der Waals surface area contributed by atoms with Crippen LogP contribution in [0.2, 0.25) is 0 Å². The van der Waals surface area contributed by atoms with E-state index in [0.717, 1.165) is 24.2 Å². The lowest BCUT2D eigenvalue weighted by Gasteiger charge is -2.01. The SMILES string of the molecule is NCc1cnc(CCc2ccccc2)nc1. The molecule has 0 fully saturated rings. The zero-order chi connectivity index (χ0) is 11.2. The summed E-state index contributed by atoms with van der Waals surface area (Å²) in [4.78, 5) is 8.55. The summed E-state index contributed by atoms with van der Waals surface area (Å²) in [5.74, 6) is 0.876. The van der Waals surface area contributed by atoms with Gasteiger partial charge in [0.15, 0.2) is 0 Å². The van der Waals surface area contributed by atoms with E-state index < -0.39 is 0 Å². The minimum Gasteiger partial charge on any atom is -0.326 e. The maximum Gasteiger partial charge on any atom is 0.128 e. The van der Waals surface area contributed by atoms with Gasteiger partial charge in [0.1, 0.15) is 5.82 Å². The van der Waals surface area contributed by atoms with E-state index in [9.17, 15) is 0 Å². The van der Waals surface area contributed by atoms with E-state index in [-0.39, 0.29) is 0 Å². The van der Waals surface area contributed by atoms with Crippen LogP contribution in [-0.2, 0) is 19.4 Å². The highest BCUT2D eigenvalue weighted by molar-refractivity contribution is 5.15. The maximum absolute atomic E-state index is 5.48. The number of aryl methyl sites for hydroxylation is 2. The number of nitrogens with zero attached hydrogens (tertiary/aromatic N) is 2. The fourth-order valence-corrected chi connectivity index (χ4v) is 1.52. The summed E-state index contributed by atoms with van der Waals surface area (Å²) in [7, 11) is 0. The third kappa shape index (κ3) is 2.87. The second-order valence-electron chi connectivity index (χ2n) is 3.70. The lowest BCUT2D eigenvalue weighted by atomic mass is 10.1. The summed E-state index contributed by atoms with van der Waals surface area (Å²) < 4.78 is 0. The molecule has 0 atom stereocenters. The van der Waals surface area contributed by atoms with Crippen molar-refractivity contribution in [2.75, 3.05) is 0 Å². The van der Waals surface area contributed by atoms with E-state index in [1.807, 2.05) is 18.2 Å². The maximum atomic E-state index is 5.48. The summed E-state index contributed by atoms with van der Waals surface area (Å²) in [5, 5.41) is 0. The Labute approximate surface area is 95.4 Å². The molecule has 3 nitrogen and oxygen atoms in total. The standard InChI is InChI=1S/C13H15N3/c14-8-12-9-15-13(16-10-12)7-6-11-4-2-1-3-5-11/h1-5,9-10H,6-8,14H2. The molecular formula is C13H15N3. The molecule has 0 unspecified atom stereocenters. The van der Waals surface area contributed by atoms with Gasteiger partial charge in [-0.1, -0.05) is 30.3 Å². The molecule has 0 radical (unpaired) electrons. The highest BCUT2D eigenvalue weighted by atomic mass is 14.9. The lowest BCUT2D eigenvalue weighted by Crippen LogP contribution is -2.02. The monoisotopic (exact) mass is 213 g/mol. The van der Waals surface area contributed by atoms with Gasteiger partial charge in [-0.25, -0.2) is 9.97 Å². The highest BCUT2D eigenvalue weighted by Gasteiger charge is 1.98. The first kappa shape index (κ1) is 10.8. The quantitative estimate of drug-likeness (QED) is 0.841. The number of nitrogens with two attached hydrogens (primary N) is 1. The average Bonchev–Trinajstić information content (AvgIpc) is 2.38. The van der Waals surface area contributed by atoms with Gasteiger partial charge in [-0.3, -0.25) is 0 Å². The van der Waals surface area contributed by atoms with Gasteiger partial charge >= 0.3 is 0 Å². The van der Waals surface area contributed by atoms with Gasteiger partial charge in [0.05, 0.1) is 0 Å². The molecule has 0 saturated carbocycles. The second-order valence-corrected chi connectivity index (χ2v) is 3.70. The Morgan fingerprint density at radius 2 is 1.56 bits per heavy atom. The first-order valence-electron chi connectivity index (χ1n) is 5.42. The number of benzene rings is 1. The van der Waals surface area contributed by atoms with Gasteiger partial charge in [-0.05, 0) is 12.0 Å². The minimum absolute atomic E-state index is 0.499. The lowest BCUT2D eigenvalue weighted by molar-refractivity contribution is 0.844. The van der Waals surface area contributed by atoms with Crippen LogP contribution < -0.4 is 5.73 Å². The molecule has 0 bridgehead atoms. The Bertz CT molecular complexity index is 423. The molecular weight excluding hydrogens is 198 g/mol. The predicted octanol–water partition coefficient (Wildman–Crippen LogP) is 1.72. The summed E-state index contributed by atoms with van der Waals surface area (Å²) in [6.45, 7) is 0.499. The van der Waals surface area contributed by atoms with E-state index in [2.05, 4.69) is 22.1 Å². The first-order valence-corrected chi connectivity index (χ1v) is 5.42. The fourth-order valence-electron chi connectivity index (χ4n) is 1.52. The van der Waals surface area contributed by atoms with Crippen LogP contribution in [0.5, 0.6) is 0 Å². The van der Waals surface area contributed by atoms with Crippen molar-refractivity contribution in [3.05, 3.63) is 59.7 Å². The molecule has 0 saturated heterocycles. The van der Waals surface area contributed by atoms with E-state index >= 15 is 0 Å². The van der Waals surface area contributed by atoms with Crippen molar-refractivity contribution in [1.82, 2.24) is 9.97 Å². The van der Waals surface area contributed by atoms with E-state index in [0.29, 0.717) is 6.54 Å². The van der Waals surface area contributed by atoms with Crippen molar-refractivity contribution in [3.63, 3.8) is 0 Å². The molecule has 0 spiro atoms. The van der Waals surface area contributed by atoms with Gasteiger partial charge in [0.25, 0.3) is 0 Å². The molecule has 1 aromatic carbocycles. The Hall–Kier alpha value is -1.74. The van der Waals surface area contributed by atoms with Crippen molar-refractivity contribution < 1.29 is 0 Å². The van der Waals surface area contributed by atoms with E-state index in [1.165, 1.54) is 5.56 Å². The van der Waals surface area contributed by atoms with E-state index in [4.69, 9.17) is 5.73 Å². The van der Waals surface area contributed by atoms with Crippen LogP contribution in [0.4, 0.5) is 0 Å². The fraction of sp³-hybridized carbons (Fsp3) is 0.231. The van der Waals surface area contributed by atoms with Crippen LogP contribution in [0.1, 0.15) is 17.0 Å². The molecule has 0 aliphatic rings. The molecule has 82 valence electrons. The van der Waals surface area contributed by atoms with Gasteiger partial charge in [0, 0.05) is 30.9 Å². The van der Waals surface area contributed by atoms with Crippen LogP contribution in [-0.4, -0.2) is 9.97 Å². The second kappa shape index (κ2) is 5.37. The number of aromatic nitrogens is 2. The first-order chi connectivity index (χ1) is 7.88. The Morgan fingerprint density at radius 1 is 0.875 bits per heavy atom. The van der Waals surface area contributed by atoms with Crippen LogP contribution in [0.3, 0.4) is 0 Å². The van der Waals surface area contributed by atoms with Crippen LogP contribution in [0.15, 0.2) is 42.7 Å². The van der Waals surface area contributed by atoms with E-state index in [1.54, 1.807) is 12.4 Å². The molecule has 0 aliphatic carbocycles. The molecule has 2 rings (SSSR count). The third-order valence-electron chi connectivity index (χ3n) is 2.47. The van der Waals surface area contributed by atoms with Crippen molar-refractivity contribution in [2.24, 2.45) is 5.73 Å². The largest absolute Gasteiger partial charge is 0.326 e. The smallest absolute Gasteiger partial charge is 0.128 e. The van der Waals surface area contributed by atoms with Gasteiger partial charge in [-0.15, -0.1) is 0 Å². The van der Waals surface area contributed by atoms with Crippen molar-refractivity contribution in [3.8, 4) is 0 Å². The summed E-state index contributed by atoms with van der Waals surface area (Å²) in [6.07, 6.45) is 5.44. The van der Waals surface area contributed by atoms with Crippen LogP contribution in [0.25, 0.3) is 0 Å². The highest BCUT2D eigenvalue weighted by Crippen LogP contribution is 2.03. The van der Waals surface area contributed by atoms with Crippen molar-refractivity contribution >= 4 is 0 Å². The molecule has 1 heterocycles. The normalized spacial score (nSPS) is 10.3. The topological polar surface area (TPSA) is 51.8 Å². The molecule has 3 heteroatoms. The molecule has 0 aliphatic heterocycles. The zero-order valence-corrected chi connectivity index (χ0v) is 9.13. The number of hydrogen-bond donors (Lipinski definition) is 1. The summed E-state index contributed by atoms with van der Waals surface area (Å²) in [5.41, 5.74) is 7.77. The van der Waals surface area contributed by atoms with Crippen molar-refractivity contribution in [2.45, 2.75) is 19.4 Å². The predicted molar refractivity (Wildman–Crippen MR) is 63.8 cm³/mol. The Balaban J connectivity index is 1.94. The Morgan fingerprint density at radius 3 is 2.19 bits per heavy atom. The molecule has 16 heavy (non-hydrogen) atoms. The number of hydrogen-bond acceptors (Lipinski definition) is 3. The van der Waals surface area contributed by atoms with Crippen LogP contribution in [0, 0.1) is 0 Å². The molecule has 2 aromatic rings. The number of rotatable bonds is 4. The average molecular weight is 213 g/mol. The van der Waals surface area contributed by atoms with Crippen molar-refractivity contribution in [1.29, 1.82) is 0 Å².